The zero-order chi connectivity index (χ0) is 24.3. The van der Waals surface area contributed by atoms with E-state index in [1.807, 2.05) is 36.5 Å². The third-order valence-electron chi connectivity index (χ3n) is 6.53. The Bertz CT molecular complexity index is 1150. The number of nitrogens with zero attached hydrogens (tertiary/aromatic N) is 3. The van der Waals surface area contributed by atoms with Crippen molar-refractivity contribution in [3.63, 3.8) is 0 Å². The maximum atomic E-state index is 13.8. The molecule has 6 nitrogen and oxygen atoms in total. The summed E-state index contributed by atoms with van der Waals surface area (Å²) in [5, 5.41) is 4.11. The van der Waals surface area contributed by atoms with E-state index in [-0.39, 0.29) is 29.3 Å². The standard InChI is InChI=1S/C27H33ClN4O2/c1-27(2,3)31-16-14-21-22(31)12-7-13-23(21)32(24(33)17-28)25(19-9-8-15-29-18-19)26(34)30-20-10-5-4-6-11-20/h7-9,12-16,18,20,25H,4-6,10-11,17H2,1-3H3,(H,30,34). The lowest BCUT2D eigenvalue weighted by atomic mass is 9.94. The van der Waals surface area contributed by atoms with Crippen LogP contribution in [0.25, 0.3) is 10.9 Å². The van der Waals surface area contributed by atoms with Gasteiger partial charge in [-0.1, -0.05) is 31.4 Å². The number of rotatable bonds is 6. The van der Waals surface area contributed by atoms with E-state index in [4.69, 9.17) is 11.6 Å². The van der Waals surface area contributed by atoms with E-state index in [2.05, 4.69) is 35.6 Å². The van der Waals surface area contributed by atoms with Crippen LogP contribution in [0.4, 0.5) is 5.69 Å². The SMILES string of the molecule is CC(C)(C)n1ccc2c(N(C(=O)CCl)C(C(=O)NC3CCCCC3)c3cccnc3)cccc21. The van der Waals surface area contributed by atoms with Gasteiger partial charge < -0.3 is 9.88 Å². The first kappa shape index (κ1) is 24.3. The number of benzene rings is 1. The second-order valence-corrected chi connectivity index (χ2v) is 10.3. The number of hydrogen-bond donors (Lipinski definition) is 1. The van der Waals surface area contributed by atoms with Crippen LogP contribution in [0.5, 0.6) is 0 Å². The van der Waals surface area contributed by atoms with Crippen molar-refractivity contribution < 1.29 is 9.59 Å². The molecule has 1 unspecified atom stereocenters. The van der Waals surface area contributed by atoms with Gasteiger partial charge in [-0.2, -0.15) is 0 Å². The topological polar surface area (TPSA) is 67.2 Å². The molecule has 180 valence electrons. The van der Waals surface area contributed by atoms with Crippen molar-refractivity contribution in [3.05, 3.63) is 60.6 Å². The number of aromatic nitrogens is 2. The van der Waals surface area contributed by atoms with Gasteiger partial charge in [-0.3, -0.25) is 19.5 Å². The molecule has 7 heteroatoms. The molecule has 2 amide bonds. The van der Waals surface area contributed by atoms with Crippen LogP contribution in [0.15, 0.2) is 55.0 Å². The smallest absolute Gasteiger partial charge is 0.248 e. The number of anilines is 1. The molecule has 2 aromatic heterocycles. The number of amides is 2. The molecule has 4 rings (SSSR count). The first-order valence-corrected chi connectivity index (χ1v) is 12.5. The van der Waals surface area contributed by atoms with Crippen molar-refractivity contribution in [1.29, 1.82) is 0 Å². The lowest BCUT2D eigenvalue weighted by Crippen LogP contribution is -2.47. The molecule has 1 aromatic carbocycles. The molecule has 2 heterocycles. The van der Waals surface area contributed by atoms with Gasteiger partial charge in [-0.05, 0) is 57.9 Å². The minimum absolute atomic E-state index is 0.117. The Labute approximate surface area is 206 Å². The fourth-order valence-corrected chi connectivity index (χ4v) is 5.04. The average molecular weight is 481 g/mol. The highest BCUT2D eigenvalue weighted by atomic mass is 35.5. The van der Waals surface area contributed by atoms with Gasteiger partial charge in [-0.15, -0.1) is 11.6 Å². The Morgan fingerprint density at radius 1 is 1.15 bits per heavy atom. The first-order chi connectivity index (χ1) is 16.3. The molecular weight excluding hydrogens is 448 g/mol. The molecule has 0 bridgehead atoms. The van der Waals surface area contributed by atoms with Gasteiger partial charge in [0.25, 0.3) is 0 Å². The van der Waals surface area contributed by atoms with Crippen LogP contribution in [0.1, 0.15) is 64.5 Å². The third-order valence-corrected chi connectivity index (χ3v) is 6.76. The summed E-state index contributed by atoms with van der Waals surface area (Å²) in [6, 6.07) is 10.7. The fraction of sp³-hybridized carbons (Fsp3) is 0.444. The molecular formula is C27H33ClN4O2. The molecule has 1 N–H and O–H groups in total. The van der Waals surface area contributed by atoms with E-state index in [9.17, 15) is 9.59 Å². The molecule has 1 atom stereocenters. The largest absolute Gasteiger partial charge is 0.351 e. The zero-order valence-electron chi connectivity index (χ0n) is 20.1. The molecule has 3 aromatic rings. The number of halogens is 1. The lowest BCUT2D eigenvalue weighted by Gasteiger charge is -2.33. The van der Waals surface area contributed by atoms with Gasteiger partial charge in [0.1, 0.15) is 11.9 Å². The second-order valence-electron chi connectivity index (χ2n) is 10.00. The predicted molar refractivity (Wildman–Crippen MR) is 137 cm³/mol. The Kier molecular flexibility index (Phi) is 7.27. The van der Waals surface area contributed by atoms with Crippen molar-refractivity contribution in [1.82, 2.24) is 14.9 Å². The minimum atomic E-state index is -0.870. The second kappa shape index (κ2) is 10.2. The van der Waals surface area contributed by atoms with E-state index >= 15 is 0 Å². The summed E-state index contributed by atoms with van der Waals surface area (Å²) < 4.78 is 2.18. The van der Waals surface area contributed by atoms with E-state index in [0.29, 0.717) is 11.3 Å². The highest BCUT2D eigenvalue weighted by Gasteiger charge is 2.35. The van der Waals surface area contributed by atoms with E-state index in [0.717, 1.165) is 36.6 Å². The van der Waals surface area contributed by atoms with Gasteiger partial charge in [0.2, 0.25) is 11.8 Å². The lowest BCUT2D eigenvalue weighted by molar-refractivity contribution is -0.126. The molecule has 0 spiro atoms. The van der Waals surface area contributed by atoms with Crippen LogP contribution in [0.2, 0.25) is 0 Å². The number of alkyl halides is 1. The molecule has 1 fully saturated rings. The summed E-state index contributed by atoms with van der Waals surface area (Å²) in [7, 11) is 0. The molecule has 0 radical (unpaired) electrons. The number of carbonyl (C=O) groups excluding carboxylic acids is 2. The van der Waals surface area contributed by atoms with Crippen LogP contribution in [-0.4, -0.2) is 33.3 Å². The van der Waals surface area contributed by atoms with Crippen LogP contribution in [0, 0.1) is 0 Å². The summed E-state index contributed by atoms with van der Waals surface area (Å²) in [6.45, 7) is 6.41. The van der Waals surface area contributed by atoms with Crippen molar-refractivity contribution in [3.8, 4) is 0 Å². The summed E-state index contributed by atoms with van der Waals surface area (Å²) >= 11 is 6.11. The van der Waals surface area contributed by atoms with Crippen molar-refractivity contribution in [2.45, 2.75) is 70.5 Å². The number of nitrogens with one attached hydrogen (secondary N) is 1. The zero-order valence-corrected chi connectivity index (χ0v) is 20.9. The first-order valence-electron chi connectivity index (χ1n) is 12.0. The number of hydrogen-bond acceptors (Lipinski definition) is 3. The van der Waals surface area contributed by atoms with Crippen LogP contribution in [0.3, 0.4) is 0 Å². The van der Waals surface area contributed by atoms with Crippen LogP contribution in [-0.2, 0) is 15.1 Å². The molecule has 34 heavy (non-hydrogen) atoms. The van der Waals surface area contributed by atoms with E-state index < -0.39 is 6.04 Å². The maximum absolute atomic E-state index is 13.8. The van der Waals surface area contributed by atoms with E-state index in [1.54, 1.807) is 23.4 Å². The predicted octanol–water partition coefficient (Wildman–Crippen LogP) is 5.55. The Morgan fingerprint density at radius 2 is 1.91 bits per heavy atom. The number of fused-ring (bicyclic) bond motifs is 1. The number of carbonyl (C=O) groups is 2. The van der Waals surface area contributed by atoms with Gasteiger partial charge in [-0.25, -0.2) is 0 Å². The van der Waals surface area contributed by atoms with Gasteiger partial charge in [0.05, 0.1) is 11.2 Å². The Hall–Kier alpha value is -2.86. The normalized spacial score (nSPS) is 15.8. The minimum Gasteiger partial charge on any atom is -0.351 e. The van der Waals surface area contributed by atoms with Gasteiger partial charge in [0.15, 0.2) is 0 Å². The number of pyridine rings is 1. The van der Waals surface area contributed by atoms with Gasteiger partial charge >= 0.3 is 0 Å². The Balaban J connectivity index is 1.83. The monoisotopic (exact) mass is 480 g/mol. The summed E-state index contributed by atoms with van der Waals surface area (Å²) in [6.07, 6.45) is 10.7. The maximum Gasteiger partial charge on any atom is 0.248 e. The quantitative estimate of drug-likeness (QED) is 0.470. The molecule has 0 aliphatic heterocycles. The average Bonchev–Trinajstić information content (AvgIpc) is 3.28. The van der Waals surface area contributed by atoms with Crippen molar-refractivity contribution in [2.75, 3.05) is 10.8 Å². The van der Waals surface area contributed by atoms with Crippen LogP contribution < -0.4 is 10.2 Å². The molecule has 0 saturated heterocycles. The Morgan fingerprint density at radius 3 is 2.56 bits per heavy atom. The molecule has 1 saturated carbocycles. The van der Waals surface area contributed by atoms with Crippen molar-refractivity contribution in [2.24, 2.45) is 0 Å². The highest BCUT2D eigenvalue weighted by Crippen LogP contribution is 2.36. The summed E-state index contributed by atoms with van der Waals surface area (Å²) in [5.41, 5.74) is 2.18. The fourth-order valence-electron chi connectivity index (χ4n) is 4.91. The van der Waals surface area contributed by atoms with Crippen molar-refractivity contribution >= 4 is 40.0 Å². The van der Waals surface area contributed by atoms with Gasteiger partial charge in [0, 0.05) is 41.1 Å². The molecule has 1 aliphatic carbocycles. The van der Waals surface area contributed by atoms with Crippen LogP contribution >= 0.6 is 11.6 Å². The van der Waals surface area contributed by atoms with E-state index in [1.165, 1.54) is 6.42 Å². The summed E-state index contributed by atoms with van der Waals surface area (Å²) in [5.74, 6) is -0.764. The highest BCUT2D eigenvalue weighted by molar-refractivity contribution is 6.30. The summed E-state index contributed by atoms with van der Waals surface area (Å²) in [4.78, 5) is 32.9. The molecule has 1 aliphatic rings. The third kappa shape index (κ3) is 4.97.